The van der Waals surface area contributed by atoms with E-state index in [1.165, 1.54) is 4.90 Å². The van der Waals surface area contributed by atoms with Crippen LogP contribution in [0.2, 0.25) is 5.15 Å². The predicted octanol–water partition coefficient (Wildman–Crippen LogP) is 4.16. The number of hydrogen-bond donors (Lipinski definition) is 1. The normalized spacial score (nSPS) is 19.8. The maximum Gasteiger partial charge on any atom is 0.407 e. The molecule has 2 aromatic rings. The second kappa shape index (κ2) is 7.32. The molecular formula is C19H20ClN3O4. The zero-order valence-corrected chi connectivity index (χ0v) is 15.6. The summed E-state index contributed by atoms with van der Waals surface area (Å²) in [4.78, 5) is 13.0. The number of rotatable bonds is 4. The third-order valence-electron chi connectivity index (χ3n) is 4.95. The van der Waals surface area contributed by atoms with Crippen molar-refractivity contribution < 1.29 is 19.4 Å². The molecule has 1 unspecified atom stereocenters. The Bertz CT molecular complexity index is 872. The van der Waals surface area contributed by atoms with Crippen molar-refractivity contribution >= 4 is 17.7 Å². The number of para-hydroxylation sites is 1. The van der Waals surface area contributed by atoms with Crippen LogP contribution in [0.3, 0.4) is 0 Å². The lowest BCUT2D eigenvalue weighted by Crippen LogP contribution is -2.42. The second-order valence-electron chi connectivity index (χ2n) is 6.86. The lowest BCUT2D eigenvalue weighted by atomic mass is 10.1. The molecule has 1 aliphatic heterocycles. The minimum Gasteiger partial charge on any atom is -0.465 e. The third kappa shape index (κ3) is 3.70. The molecule has 1 N–H and O–H groups in total. The molecule has 142 valence electrons. The van der Waals surface area contributed by atoms with Crippen LogP contribution >= 0.6 is 11.6 Å². The van der Waals surface area contributed by atoms with Crippen LogP contribution < -0.4 is 4.74 Å². The number of ether oxygens (including phenoxy) is 2. The molecule has 1 aromatic carbocycles. The molecule has 0 bridgehead atoms. The van der Waals surface area contributed by atoms with Crippen LogP contribution in [0.5, 0.6) is 11.6 Å². The number of carboxylic acid groups (broad SMARTS) is 1. The first-order chi connectivity index (χ1) is 13.0. The van der Waals surface area contributed by atoms with Crippen LogP contribution in [0.25, 0.3) is 0 Å². The van der Waals surface area contributed by atoms with E-state index in [0.29, 0.717) is 18.1 Å². The fraction of sp³-hybridized carbons (Fsp3) is 0.421. The molecule has 0 radical (unpaired) electrons. The zero-order valence-electron chi connectivity index (χ0n) is 14.9. The molecule has 4 rings (SSSR count). The van der Waals surface area contributed by atoms with Crippen molar-refractivity contribution in [3.05, 3.63) is 46.1 Å². The summed E-state index contributed by atoms with van der Waals surface area (Å²) in [5.74, 6) is 1.52. The summed E-state index contributed by atoms with van der Waals surface area (Å²) in [6, 6.07) is 7.13. The molecule has 27 heavy (non-hydrogen) atoms. The quantitative estimate of drug-likeness (QED) is 0.845. The summed E-state index contributed by atoms with van der Waals surface area (Å²) in [7, 11) is 0. The highest BCUT2D eigenvalue weighted by Gasteiger charge is 2.33. The van der Waals surface area contributed by atoms with Crippen molar-refractivity contribution in [3.63, 3.8) is 0 Å². The number of amides is 1. The molecule has 2 aliphatic rings. The molecular weight excluding hydrogens is 370 g/mol. The highest BCUT2D eigenvalue weighted by atomic mass is 35.5. The van der Waals surface area contributed by atoms with E-state index in [1.807, 2.05) is 19.1 Å². The second-order valence-corrected chi connectivity index (χ2v) is 7.25. The van der Waals surface area contributed by atoms with Crippen LogP contribution in [-0.2, 0) is 4.74 Å². The monoisotopic (exact) mass is 389 g/mol. The number of aromatic nitrogens is 2. The number of carbonyl (C=O) groups is 1. The Morgan fingerprint density at radius 1 is 1.33 bits per heavy atom. The minimum atomic E-state index is -1.02. The van der Waals surface area contributed by atoms with E-state index in [4.69, 9.17) is 21.1 Å². The van der Waals surface area contributed by atoms with Gasteiger partial charge in [-0.3, -0.25) is 4.90 Å². The van der Waals surface area contributed by atoms with Gasteiger partial charge in [-0.25, -0.2) is 4.79 Å². The van der Waals surface area contributed by atoms with E-state index in [1.54, 1.807) is 6.07 Å². The van der Waals surface area contributed by atoms with Gasteiger partial charge in [0.1, 0.15) is 5.75 Å². The molecule has 2 heterocycles. The largest absolute Gasteiger partial charge is 0.465 e. The van der Waals surface area contributed by atoms with E-state index >= 15 is 0 Å². The van der Waals surface area contributed by atoms with Gasteiger partial charge in [0.05, 0.1) is 19.3 Å². The van der Waals surface area contributed by atoms with Gasteiger partial charge in [-0.2, -0.15) is 0 Å². The molecule has 1 atom stereocenters. The summed E-state index contributed by atoms with van der Waals surface area (Å²) < 4.78 is 11.7. The maximum atomic E-state index is 11.7. The smallest absolute Gasteiger partial charge is 0.407 e. The van der Waals surface area contributed by atoms with Crippen LogP contribution in [0.15, 0.2) is 24.3 Å². The van der Waals surface area contributed by atoms with Gasteiger partial charge in [0, 0.05) is 12.1 Å². The Hall–Kier alpha value is -2.38. The molecule has 7 nitrogen and oxygen atoms in total. The topological polar surface area (TPSA) is 84.8 Å². The summed E-state index contributed by atoms with van der Waals surface area (Å²) in [5.41, 5.74) is 2.70. The van der Waals surface area contributed by atoms with Crippen LogP contribution in [0.1, 0.15) is 41.5 Å². The van der Waals surface area contributed by atoms with Crippen LogP contribution in [0.4, 0.5) is 4.79 Å². The van der Waals surface area contributed by atoms with Gasteiger partial charge in [-0.1, -0.05) is 29.8 Å². The van der Waals surface area contributed by atoms with Gasteiger partial charge >= 0.3 is 6.09 Å². The van der Waals surface area contributed by atoms with E-state index < -0.39 is 12.1 Å². The molecule has 2 fully saturated rings. The van der Waals surface area contributed by atoms with Gasteiger partial charge in [0.25, 0.3) is 0 Å². The van der Waals surface area contributed by atoms with E-state index in [-0.39, 0.29) is 24.2 Å². The highest BCUT2D eigenvalue weighted by molar-refractivity contribution is 6.29. The SMILES string of the molecule is Cc1cccc(C2CC2)c1Oc1nnc(Cl)cc1C1COCCN1C(=O)O. The third-order valence-corrected chi connectivity index (χ3v) is 5.13. The molecule has 0 spiro atoms. The first-order valence-corrected chi connectivity index (χ1v) is 9.30. The Morgan fingerprint density at radius 3 is 2.89 bits per heavy atom. The fourth-order valence-electron chi connectivity index (χ4n) is 3.41. The minimum absolute atomic E-state index is 0.181. The standard InChI is InChI=1S/C19H20ClN3O4/c1-11-3-2-4-13(12-5-6-12)17(11)27-18-14(9-16(20)21-22-18)15-10-26-8-7-23(15)19(24)25/h2-4,9,12,15H,5-8,10H2,1H3,(H,24,25). The Kier molecular flexibility index (Phi) is 4.88. The average Bonchev–Trinajstić information content (AvgIpc) is 3.49. The van der Waals surface area contributed by atoms with Crippen LogP contribution in [0, 0.1) is 6.92 Å². The lowest BCUT2D eigenvalue weighted by Gasteiger charge is -2.34. The Morgan fingerprint density at radius 2 is 2.15 bits per heavy atom. The number of nitrogens with zero attached hydrogens (tertiary/aromatic N) is 3. The molecule has 1 amide bonds. The highest BCUT2D eigenvalue weighted by Crippen LogP contribution is 2.46. The summed E-state index contributed by atoms with van der Waals surface area (Å²) in [6.07, 6.45) is 1.27. The van der Waals surface area contributed by atoms with Crippen molar-refractivity contribution in [3.8, 4) is 11.6 Å². The molecule has 1 saturated heterocycles. The number of halogens is 1. The molecule has 1 saturated carbocycles. The number of aryl methyl sites for hydroxylation is 1. The lowest BCUT2D eigenvalue weighted by molar-refractivity contribution is -0.00168. The predicted molar refractivity (Wildman–Crippen MR) is 98.6 cm³/mol. The summed E-state index contributed by atoms with van der Waals surface area (Å²) in [6.45, 7) is 2.83. The zero-order chi connectivity index (χ0) is 19.0. The Labute approximate surface area is 161 Å². The molecule has 1 aliphatic carbocycles. The molecule has 8 heteroatoms. The Balaban J connectivity index is 1.74. The first-order valence-electron chi connectivity index (χ1n) is 8.92. The van der Waals surface area contributed by atoms with Gasteiger partial charge in [-0.05, 0) is 42.9 Å². The van der Waals surface area contributed by atoms with Crippen molar-refractivity contribution in [2.45, 2.75) is 31.7 Å². The van der Waals surface area contributed by atoms with Crippen molar-refractivity contribution in [2.75, 3.05) is 19.8 Å². The maximum absolute atomic E-state index is 11.7. The van der Waals surface area contributed by atoms with Crippen molar-refractivity contribution in [2.24, 2.45) is 0 Å². The van der Waals surface area contributed by atoms with Crippen molar-refractivity contribution in [1.82, 2.24) is 15.1 Å². The van der Waals surface area contributed by atoms with Gasteiger partial charge in [-0.15, -0.1) is 10.2 Å². The van der Waals surface area contributed by atoms with E-state index in [9.17, 15) is 9.90 Å². The number of morpholine rings is 1. The van der Waals surface area contributed by atoms with Gasteiger partial charge in [0.2, 0.25) is 5.88 Å². The first kappa shape index (κ1) is 18.0. The van der Waals surface area contributed by atoms with Gasteiger partial charge in [0.15, 0.2) is 5.15 Å². The summed E-state index contributed by atoms with van der Waals surface area (Å²) in [5, 5.41) is 17.8. The van der Waals surface area contributed by atoms with E-state index in [2.05, 4.69) is 16.3 Å². The summed E-state index contributed by atoms with van der Waals surface area (Å²) >= 11 is 6.05. The van der Waals surface area contributed by atoms with E-state index in [0.717, 1.165) is 29.7 Å². The van der Waals surface area contributed by atoms with Gasteiger partial charge < -0.3 is 14.6 Å². The fourth-order valence-corrected chi connectivity index (χ4v) is 3.56. The number of benzene rings is 1. The molecule has 1 aromatic heterocycles. The van der Waals surface area contributed by atoms with Crippen molar-refractivity contribution in [1.29, 1.82) is 0 Å². The number of hydrogen-bond acceptors (Lipinski definition) is 5. The average molecular weight is 390 g/mol. The van der Waals surface area contributed by atoms with Crippen LogP contribution in [-0.4, -0.2) is 46.1 Å².